The molecule has 0 aliphatic heterocycles. The normalized spacial score (nSPS) is 10.4. The molecule has 0 aromatic heterocycles. The van der Waals surface area contributed by atoms with E-state index < -0.39 is 17.5 Å². The summed E-state index contributed by atoms with van der Waals surface area (Å²) in [6.07, 6.45) is 0.241. The molecule has 2 rings (SSSR count). The Kier molecular flexibility index (Phi) is 6.16. The molecule has 132 valence electrons. The molecule has 0 atom stereocenters. The fraction of sp³-hybridized carbons (Fsp3) is 0.222. The average Bonchev–Trinajstić information content (AvgIpc) is 2.55. The number of carbonyl (C=O) groups is 2. The molecule has 0 aliphatic rings. The number of hydrogen-bond donors (Lipinski definition) is 1. The lowest BCUT2D eigenvalue weighted by atomic mass is 10.1. The highest BCUT2D eigenvalue weighted by atomic mass is 19.1. The predicted octanol–water partition coefficient (Wildman–Crippen LogP) is 3.13. The van der Waals surface area contributed by atoms with Gasteiger partial charge in [-0.2, -0.15) is 0 Å². The first-order valence-electron chi connectivity index (χ1n) is 7.60. The van der Waals surface area contributed by atoms with Crippen molar-refractivity contribution in [3.63, 3.8) is 0 Å². The van der Waals surface area contributed by atoms with Crippen LogP contribution in [0.3, 0.4) is 0 Å². The van der Waals surface area contributed by atoms with Crippen molar-refractivity contribution in [2.24, 2.45) is 0 Å². The van der Waals surface area contributed by atoms with Crippen molar-refractivity contribution in [3.8, 4) is 0 Å². The molecule has 1 N–H and O–H groups in total. The van der Waals surface area contributed by atoms with E-state index in [2.05, 4.69) is 5.32 Å². The van der Waals surface area contributed by atoms with E-state index in [4.69, 9.17) is 0 Å². The summed E-state index contributed by atoms with van der Waals surface area (Å²) in [5, 5.41) is 2.28. The Labute approximate surface area is 143 Å². The van der Waals surface area contributed by atoms with Gasteiger partial charge in [-0.25, -0.2) is 13.2 Å². The molecule has 0 bridgehead atoms. The fourth-order valence-corrected chi connectivity index (χ4v) is 2.26. The third-order valence-corrected chi connectivity index (χ3v) is 3.59. The molecule has 2 amide bonds. The molecule has 0 spiro atoms. The molecule has 2 aromatic rings. The third-order valence-electron chi connectivity index (χ3n) is 3.59. The van der Waals surface area contributed by atoms with Crippen LogP contribution in [0.5, 0.6) is 0 Å². The van der Waals surface area contributed by atoms with Gasteiger partial charge in [0.05, 0.1) is 12.2 Å². The van der Waals surface area contributed by atoms with E-state index in [0.717, 1.165) is 12.1 Å². The van der Waals surface area contributed by atoms with Crippen LogP contribution in [0.1, 0.15) is 12.5 Å². The molecule has 0 heterocycles. The molecular weight excluding hydrogens is 333 g/mol. The number of hydrogen-bond acceptors (Lipinski definition) is 2. The van der Waals surface area contributed by atoms with Gasteiger partial charge in [-0.1, -0.05) is 18.2 Å². The molecule has 4 nitrogen and oxygen atoms in total. The van der Waals surface area contributed by atoms with E-state index in [1.807, 2.05) is 0 Å². The Morgan fingerprint density at radius 2 is 1.76 bits per heavy atom. The maximum Gasteiger partial charge on any atom is 0.244 e. The molecular formula is C18H17F3N2O2. The lowest BCUT2D eigenvalue weighted by Crippen LogP contribution is -2.38. The van der Waals surface area contributed by atoms with Crippen LogP contribution < -0.4 is 5.32 Å². The van der Waals surface area contributed by atoms with Crippen molar-refractivity contribution in [2.75, 3.05) is 18.4 Å². The second-order valence-corrected chi connectivity index (χ2v) is 5.45. The minimum absolute atomic E-state index is 0.135. The number of nitrogens with zero attached hydrogens (tertiary/aromatic N) is 1. The van der Waals surface area contributed by atoms with Gasteiger partial charge >= 0.3 is 0 Å². The number of amides is 2. The summed E-state index contributed by atoms with van der Waals surface area (Å²) in [6.45, 7) is 1.10. The number of benzene rings is 2. The van der Waals surface area contributed by atoms with Crippen molar-refractivity contribution in [1.82, 2.24) is 4.90 Å². The third kappa shape index (κ3) is 5.34. The molecule has 2 aromatic carbocycles. The van der Waals surface area contributed by atoms with Gasteiger partial charge in [-0.3, -0.25) is 9.59 Å². The highest BCUT2D eigenvalue weighted by molar-refractivity contribution is 5.94. The number of anilines is 1. The summed E-state index contributed by atoms with van der Waals surface area (Å²) < 4.78 is 40.0. The lowest BCUT2D eigenvalue weighted by molar-refractivity contribution is -0.132. The Morgan fingerprint density at radius 3 is 2.40 bits per heavy atom. The first kappa shape index (κ1) is 18.5. The summed E-state index contributed by atoms with van der Waals surface area (Å²) in [5.41, 5.74) is 0.253. The van der Waals surface area contributed by atoms with Crippen molar-refractivity contribution in [2.45, 2.75) is 13.3 Å². The molecule has 0 fully saturated rings. The zero-order valence-corrected chi connectivity index (χ0v) is 13.6. The fourth-order valence-electron chi connectivity index (χ4n) is 2.26. The van der Waals surface area contributed by atoms with Crippen LogP contribution in [0.2, 0.25) is 0 Å². The van der Waals surface area contributed by atoms with Crippen LogP contribution in [0.25, 0.3) is 0 Å². The zero-order chi connectivity index (χ0) is 18.4. The van der Waals surface area contributed by atoms with Crippen molar-refractivity contribution in [3.05, 3.63) is 65.5 Å². The van der Waals surface area contributed by atoms with E-state index in [9.17, 15) is 22.8 Å². The van der Waals surface area contributed by atoms with Crippen molar-refractivity contribution in [1.29, 1.82) is 0 Å². The van der Waals surface area contributed by atoms with Gasteiger partial charge in [0.2, 0.25) is 11.8 Å². The summed E-state index contributed by atoms with van der Waals surface area (Å²) in [5.74, 6) is -3.05. The monoisotopic (exact) mass is 350 g/mol. The van der Waals surface area contributed by atoms with Gasteiger partial charge in [0.15, 0.2) is 0 Å². The Hall–Kier alpha value is -2.83. The van der Waals surface area contributed by atoms with E-state index in [0.29, 0.717) is 11.6 Å². The highest BCUT2D eigenvalue weighted by Gasteiger charge is 2.16. The summed E-state index contributed by atoms with van der Waals surface area (Å²) >= 11 is 0. The first-order chi connectivity index (χ1) is 11.9. The van der Waals surface area contributed by atoms with Gasteiger partial charge in [0.25, 0.3) is 0 Å². The van der Waals surface area contributed by atoms with Gasteiger partial charge in [-0.15, -0.1) is 0 Å². The standard InChI is InChI=1S/C18H17F3N2O2/c1-12(24)23(9-8-13-4-2-3-5-15(13)20)11-18(25)22-17-7-6-14(19)10-16(17)21/h2-7,10H,8-9,11H2,1H3,(H,22,25). The summed E-state index contributed by atoms with van der Waals surface area (Å²) in [6, 6.07) is 8.92. The Bertz CT molecular complexity index is 781. The van der Waals surface area contributed by atoms with Crippen LogP contribution >= 0.6 is 0 Å². The van der Waals surface area contributed by atoms with Crippen LogP contribution in [0.15, 0.2) is 42.5 Å². The maximum atomic E-state index is 13.6. The van der Waals surface area contributed by atoms with Crippen molar-refractivity contribution >= 4 is 17.5 Å². The molecule has 0 unspecified atom stereocenters. The SMILES string of the molecule is CC(=O)N(CCc1ccccc1F)CC(=O)Nc1ccc(F)cc1F. The van der Waals surface area contributed by atoms with E-state index in [1.54, 1.807) is 18.2 Å². The van der Waals surface area contributed by atoms with Gasteiger partial charge in [0.1, 0.15) is 17.5 Å². The van der Waals surface area contributed by atoms with Gasteiger partial charge in [-0.05, 0) is 30.2 Å². The minimum Gasteiger partial charge on any atom is -0.333 e. The molecule has 0 aliphatic carbocycles. The Balaban J connectivity index is 1.97. The second-order valence-electron chi connectivity index (χ2n) is 5.45. The lowest BCUT2D eigenvalue weighted by Gasteiger charge is -2.20. The van der Waals surface area contributed by atoms with Gasteiger partial charge < -0.3 is 10.2 Å². The van der Waals surface area contributed by atoms with E-state index in [-0.39, 0.29) is 36.9 Å². The molecule has 0 radical (unpaired) electrons. The molecule has 7 heteroatoms. The number of halogens is 3. The average molecular weight is 350 g/mol. The van der Waals surface area contributed by atoms with E-state index in [1.165, 1.54) is 17.9 Å². The van der Waals surface area contributed by atoms with Crippen LogP contribution in [-0.2, 0) is 16.0 Å². The number of nitrogens with one attached hydrogen (secondary N) is 1. The smallest absolute Gasteiger partial charge is 0.244 e. The highest BCUT2D eigenvalue weighted by Crippen LogP contribution is 2.15. The molecule has 25 heavy (non-hydrogen) atoms. The quantitative estimate of drug-likeness (QED) is 0.870. The van der Waals surface area contributed by atoms with Crippen molar-refractivity contribution < 1.29 is 22.8 Å². The van der Waals surface area contributed by atoms with E-state index >= 15 is 0 Å². The molecule has 0 saturated heterocycles. The largest absolute Gasteiger partial charge is 0.333 e. The zero-order valence-electron chi connectivity index (χ0n) is 13.6. The second kappa shape index (κ2) is 8.32. The van der Waals surface area contributed by atoms with Crippen LogP contribution in [0, 0.1) is 17.5 Å². The predicted molar refractivity (Wildman–Crippen MR) is 87.3 cm³/mol. The number of carbonyl (C=O) groups excluding carboxylic acids is 2. The first-order valence-corrected chi connectivity index (χ1v) is 7.60. The molecule has 0 saturated carbocycles. The summed E-state index contributed by atoms with van der Waals surface area (Å²) in [4.78, 5) is 24.9. The van der Waals surface area contributed by atoms with Crippen LogP contribution in [0.4, 0.5) is 18.9 Å². The minimum atomic E-state index is -0.908. The topological polar surface area (TPSA) is 49.4 Å². The van der Waals surface area contributed by atoms with Crippen LogP contribution in [-0.4, -0.2) is 29.8 Å². The Morgan fingerprint density at radius 1 is 1.04 bits per heavy atom. The summed E-state index contributed by atoms with van der Waals surface area (Å²) in [7, 11) is 0. The number of rotatable bonds is 6. The van der Waals surface area contributed by atoms with Gasteiger partial charge in [0, 0.05) is 19.5 Å². The maximum absolute atomic E-state index is 13.6.